The highest BCUT2D eigenvalue weighted by molar-refractivity contribution is 6.01. The van der Waals surface area contributed by atoms with Crippen LogP contribution in [0.1, 0.15) is 186 Å². The summed E-state index contributed by atoms with van der Waals surface area (Å²) in [6.07, 6.45) is 18.9. The van der Waals surface area contributed by atoms with Gasteiger partial charge in [-0.2, -0.15) is 0 Å². The van der Waals surface area contributed by atoms with Gasteiger partial charge in [-0.05, 0) is 125 Å². The minimum atomic E-state index is -1.05. The number of aromatic nitrogens is 4. The Morgan fingerprint density at radius 1 is 0.400 bits per heavy atom. The number of H-pyrrole nitrogens is 2. The summed E-state index contributed by atoms with van der Waals surface area (Å²) in [5.41, 5.74) is 19.8. The number of nitrogens with zero attached hydrogens (tertiary/aromatic N) is 2. The van der Waals surface area contributed by atoms with Gasteiger partial charge in [-0.3, -0.25) is 0 Å². The van der Waals surface area contributed by atoms with Gasteiger partial charge >= 0.3 is 11.9 Å². The molecule has 0 saturated heterocycles. The van der Waals surface area contributed by atoms with E-state index < -0.39 is 11.9 Å². The van der Waals surface area contributed by atoms with Gasteiger partial charge in [-0.15, -0.1) is 0 Å². The maximum Gasteiger partial charge on any atom is 0.328 e. The first kappa shape index (κ1) is 58.3. The summed E-state index contributed by atoms with van der Waals surface area (Å²) in [6, 6.07) is 29.4. The molecule has 414 valence electrons. The number of aromatic amines is 2. The van der Waals surface area contributed by atoms with Crippen molar-refractivity contribution >= 4 is 63.9 Å². The van der Waals surface area contributed by atoms with Gasteiger partial charge in [-0.25, -0.2) is 19.6 Å². The molecule has 0 amide bonds. The first-order chi connectivity index (χ1) is 37.0. The van der Waals surface area contributed by atoms with Crippen LogP contribution in [0.2, 0.25) is 0 Å². The Labute approximate surface area is 475 Å². The standard InChI is InChI=1S/C72H82N4O4/c1-67(2,3)48-31-45(32-49(39-48)68(4,5)6)64-54-27-29-56(73-54)65(46-33-50(69(7,8)9)40-51(34-46)70(10,11)12)60-37-43(23-19-21-25-62(77)78)58(75-60)42-59-44(24-20-22-26-63(79)80)38-61(76-59)66(57-30-28-55(64)74-57)47-35-52(71(13,14)15)41-53(36-47)72(16,17)18/h19-42,73,76H,1-18H3,(H,77,78)(H,79,80)/b23-19+,24-20+,25-21-,26-22-,58-42?,59-42?,64-54?,64-55?,65-56?,65-60?,66-57?,66-61?. The summed E-state index contributed by atoms with van der Waals surface area (Å²) >= 11 is 0. The van der Waals surface area contributed by atoms with Crippen molar-refractivity contribution in [2.24, 2.45) is 0 Å². The second kappa shape index (κ2) is 21.3. The molecule has 8 nitrogen and oxygen atoms in total. The van der Waals surface area contributed by atoms with Crippen molar-refractivity contribution in [1.29, 1.82) is 0 Å². The van der Waals surface area contributed by atoms with Gasteiger partial charge in [0.15, 0.2) is 0 Å². The summed E-state index contributed by atoms with van der Waals surface area (Å²) in [6.45, 7) is 40.6. The molecule has 0 atom stereocenters. The molecule has 2 aliphatic heterocycles. The van der Waals surface area contributed by atoms with Crippen LogP contribution >= 0.6 is 0 Å². The summed E-state index contributed by atoms with van der Waals surface area (Å²) in [4.78, 5) is 42.7. The highest BCUT2D eigenvalue weighted by Crippen LogP contribution is 2.44. The van der Waals surface area contributed by atoms with Crippen LogP contribution in [0.4, 0.5) is 0 Å². The number of hydrogen-bond acceptors (Lipinski definition) is 4. The van der Waals surface area contributed by atoms with Gasteiger partial charge in [0, 0.05) is 62.0 Å². The molecule has 0 unspecified atom stereocenters. The molecule has 4 N–H and O–H groups in total. The molecule has 3 aromatic carbocycles. The molecular weight excluding hydrogens is 985 g/mol. The van der Waals surface area contributed by atoms with Crippen LogP contribution in [0.5, 0.6) is 0 Å². The number of fused-ring (bicyclic) bond motifs is 8. The Kier molecular flexibility index (Phi) is 15.5. The number of aliphatic carboxylic acids is 2. The second-order valence-corrected chi connectivity index (χ2v) is 27.8. The molecule has 0 radical (unpaired) electrons. The SMILES string of the molecule is CC(C)(C)c1cc(-c2c3nc(c(-c4cc(C(C)(C)C)cc(C(C)(C)C)c4)c4ccc([nH]4)c(-c4cc(C(C)(C)C)cc(C(C)(C)C)c4)c4nc(cc5[nH]c2cc5/C=C/C=C\C(=O)O)C(/C=C/C=C\C(=O)O)=C4)C=C3)cc(C(C)(C)C)c1. The molecule has 0 saturated carbocycles. The Morgan fingerprint density at radius 2 is 0.750 bits per heavy atom. The fourth-order valence-corrected chi connectivity index (χ4v) is 10.00. The largest absolute Gasteiger partial charge is 0.478 e. The molecule has 0 spiro atoms. The Morgan fingerprint density at radius 3 is 1.12 bits per heavy atom. The first-order valence-electron chi connectivity index (χ1n) is 27.9. The lowest BCUT2D eigenvalue weighted by molar-refractivity contribution is -0.132. The van der Waals surface area contributed by atoms with Crippen LogP contribution in [0.15, 0.2) is 121 Å². The summed E-state index contributed by atoms with van der Waals surface area (Å²) in [5, 5.41) is 19.2. The Hall–Kier alpha value is -7.84. The van der Waals surface area contributed by atoms with Crippen molar-refractivity contribution in [2.75, 3.05) is 0 Å². The minimum Gasteiger partial charge on any atom is -0.478 e. The van der Waals surface area contributed by atoms with Crippen LogP contribution in [-0.2, 0) is 42.1 Å². The van der Waals surface area contributed by atoms with Crippen LogP contribution in [0.3, 0.4) is 0 Å². The predicted octanol–water partition coefficient (Wildman–Crippen LogP) is 18.7. The number of carbonyl (C=O) groups is 2. The van der Waals surface area contributed by atoms with E-state index in [4.69, 9.17) is 9.97 Å². The molecule has 5 heterocycles. The van der Waals surface area contributed by atoms with E-state index in [9.17, 15) is 19.8 Å². The molecule has 6 aromatic rings. The lowest BCUT2D eigenvalue weighted by atomic mass is 9.78. The molecule has 8 bridgehead atoms. The number of allylic oxidation sites excluding steroid dienone is 6. The zero-order chi connectivity index (χ0) is 58.7. The third-order valence-electron chi connectivity index (χ3n) is 15.0. The normalized spacial score (nSPS) is 13.9. The number of nitrogens with one attached hydrogen (secondary N) is 2. The maximum absolute atomic E-state index is 11.7. The smallest absolute Gasteiger partial charge is 0.328 e. The molecule has 0 aliphatic carbocycles. The van der Waals surface area contributed by atoms with Crippen molar-refractivity contribution in [3.63, 3.8) is 0 Å². The van der Waals surface area contributed by atoms with Crippen molar-refractivity contribution in [3.8, 4) is 33.4 Å². The predicted molar refractivity (Wildman–Crippen MR) is 338 cm³/mol. The average Bonchev–Trinajstić information content (AvgIpc) is 4.35. The van der Waals surface area contributed by atoms with Crippen LogP contribution in [0, 0.1) is 0 Å². The minimum absolute atomic E-state index is 0.164. The average molecular weight is 1070 g/mol. The summed E-state index contributed by atoms with van der Waals surface area (Å²) in [5.74, 6) is -2.09. The number of hydrogen-bond donors (Lipinski definition) is 4. The monoisotopic (exact) mass is 1070 g/mol. The summed E-state index contributed by atoms with van der Waals surface area (Å²) < 4.78 is 0. The lowest BCUT2D eigenvalue weighted by Crippen LogP contribution is -2.16. The van der Waals surface area contributed by atoms with E-state index in [-0.39, 0.29) is 32.5 Å². The molecule has 80 heavy (non-hydrogen) atoms. The number of benzene rings is 3. The van der Waals surface area contributed by atoms with Crippen LogP contribution in [0.25, 0.3) is 85.3 Å². The molecule has 3 aromatic heterocycles. The number of rotatable bonds is 9. The fourth-order valence-electron chi connectivity index (χ4n) is 10.00. The molecule has 8 rings (SSSR count). The zero-order valence-corrected chi connectivity index (χ0v) is 50.5. The van der Waals surface area contributed by atoms with Gasteiger partial charge in [0.25, 0.3) is 0 Å². The van der Waals surface area contributed by atoms with E-state index in [1.54, 1.807) is 12.2 Å². The maximum atomic E-state index is 11.7. The fraction of sp³-hybridized carbons (Fsp3) is 0.333. The van der Waals surface area contributed by atoms with E-state index in [1.807, 2.05) is 18.2 Å². The van der Waals surface area contributed by atoms with E-state index in [0.29, 0.717) is 5.69 Å². The van der Waals surface area contributed by atoms with E-state index in [0.717, 1.165) is 95.8 Å². The van der Waals surface area contributed by atoms with Crippen LogP contribution < -0.4 is 0 Å². The Balaban J connectivity index is 1.67. The highest BCUT2D eigenvalue weighted by atomic mass is 16.4. The van der Waals surface area contributed by atoms with E-state index in [1.165, 1.54) is 45.5 Å². The lowest BCUT2D eigenvalue weighted by Gasteiger charge is -2.26. The third-order valence-corrected chi connectivity index (χ3v) is 15.0. The van der Waals surface area contributed by atoms with Crippen molar-refractivity contribution in [1.82, 2.24) is 19.9 Å². The van der Waals surface area contributed by atoms with E-state index in [2.05, 4.69) is 226 Å². The van der Waals surface area contributed by atoms with E-state index >= 15 is 0 Å². The second-order valence-electron chi connectivity index (χ2n) is 27.8. The van der Waals surface area contributed by atoms with Gasteiger partial charge in [0.1, 0.15) is 0 Å². The third kappa shape index (κ3) is 13.1. The zero-order valence-electron chi connectivity index (χ0n) is 50.5. The van der Waals surface area contributed by atoms with Gasteiger partial charge in [0.2, 0.25) is 0 Å². The van der Waals surface area contributed by atoms with Crippen molar-refractivity contribution < 1.29 is 19.8 Å². The topological polar surface area (TPSA) is 132 Å². The van der Waals surface area contributed by atoms with Gasteiger partial charge < -0.3 is 20.2 Å². The molecular formula is C72H82N4O4. The molecule has 8 heteroatoms. The van der Waals surface area contributed by atoms with Crippen molar-refractivity contribution in [3.05, 3.63) is 183 Å². The molecule has 2 aliphatic rings. The van der Waals surface area contributed by atoms with Gasteiger partial charge in [0.05, 0.1) is 22.8 Å². The molecule has 0 fully saturated rings. The highest BCUT2D eigenvalue weighted by Gasteiger charge is 2.28. The quantitative estimate of drug-likeness (QED) is 0.0841. The van der Waals surface area contributed by atoms with Crippen molar-refractivity contribution in [2.45, 2.75) is 157 Å². The number of carboxylic acid groups (broad SMARTS) is 2. The summed E-state index contributed by atoms with van der Waals surface area (Å²) in [7, 11) is 0. The van der Waals surface area contributed by atoms with Gasteiger partial charge in [-0.1, -0.05) is 216 Å². The number of carboxylic acids is 2. The first-order valence-corrected chi connectivity index (χ1v) is 27.9. The Bertz CT molecular complexity index is 3720. The van der Waals surface area contributed by atoms with Crippen LogP contribution in [-0.4, -0.2) is 42.1 Å².